The summed E-state index contributed by atoms with van der Waals surface area (Å²) in [4.78, 5) is 46.5. The molecule has 0 aliphatic heterocycles. The molecule has 0 aliphatic carbocycles. The Morgan fingerprint density at radius 2 is 1.53 bits per heavy atom. The minimum atomic E-state index is -4.98. The number of phosphoric acid groups is 2. The summed E-state index contributed by atoms with van der Waals surface area (Å²) in [7, 11) is -9.78. The highest BCUT2D eigenvalue weighted by molar-refractivity contribution is 7.47. The van der Waals surface area contributed by atoms with E-state index in [1.54, 1.807) is 0 Å². The largest absolute Gasteiger partial charge is 0.473 e. The van der Waals surface area contributed by atoms with Crippen molar-refractivity contribution in [2.45, 2.75) is 12.2 Å². The molecule has 112 valence electrons. The second-order valence-electron chi connectivity index (χ2n) is 3.00. The lowest BCUT2D eigenvalue weighted by Gasteiger charge is -2.17. The van der Waals surface area contributed by atoms with Gasteiger partial charge in [0.25, 0.3) is 0 Å². The summed E-state index contributed by atoms with van der Waals surface area (Å²) >= 11 is 0. The predicted octanol–water partition coefficient (Wildman–Crippen LogP) is -1.64. The highest BCUT2D eigenvalue weighted by Gasteiger charge is 2.30. The number of carbonyl (C=O) groups excluding carboxylic acids is 2. The third-order valence-electron chi connectivity index (χ3n) is 1.43. The number of aliphatic hydroxyl groups excluding tert-OH is 1. The van der Waals surface area contributed by atoms with E-state index < -0.39 is 41.1 Å². The van der Waals surface area contributed by atoms with Crippen LogP contribution in [-0.4, -0.2) is 57.8 Å². The average Bonchev–Trinajstić information content (AvgIpc) is 2.30. The molecule has 0 aromatic heterocycles. The molecule has 0 aliphatic rings. The van der Waals surface area contributed by atoms with Crippen LogP contribution in [0, 0.1) is 0 Å². The second-order valence-corrected chi connectivity index (χ2v) is 5.60. The standard InChI is InChI=1S/C6H12O11P2/c7-1-5(2-8)17-19(13,14)15-4-6(3-9)16-18(10,11)12/h1,3,5-6,8H,2,4H2,(H,13,14)(H2,10,11,12)/t5-,6-/m0/s1. The van der Waals surface area contributed by atoms with Crippen LogP contribution in [0.25, 0.3) is 0 Å². The Balaban J connectivity index is 4.42. The van der Waals surface area contributed by atoms with Crippen LogP contribution < -0.4 is 0 Å². The molecule has 11 nitrogen and oxygen atoms in total. The summed E-state index contributed by atoms with van der Waals surface area (Å²) < 4.78 is 33.9. The van der Waals surface area contributed by atoms with Crippen LogP contribution in [0.4, 0.5) is 0 Å². The molecule has 3 atom stereocenters. The van der Waals surface area contributed by atoms with E-state index in [0.717, 1.165) is 0 Å². The van der Waals surface area contributed by atoms with Gasteiger partial charge in [0.15, 0.2) is 12.6 Å². The van der Waals surface area contributed by atoms with Gasteiger partial charge in [0.2, 0.25) is 0 Å². The van der Waals surface area contributed by atoms with Crippen molar-refractivity contribution in [3.63, 3.8) is 0 Å². The Bertz CT molecular complexity index is 389. The lowest BCUT2D eigenvalue weighted by Crippen LogP contribution is -2.22. The lowest BCUT2D eigenvalue weighted by molar-refractivity contribution is -0.118. The van der Waals surface area contributed by atoms with Crippen molar-refractivity contribution in [1.82, 2.24) is 0 Å². The maximum Gasteiger partial charge on any atom is 0.473 e. The van der Waals surface area contributed by atoms with E-state index in [0.29, 0.717) is 0 Å². The van der Waals surface area contributed by atoms with Crippen molar-refractivity contribution < 1.29 is 52.1 Å². The monoisotopic (exact) mass is 322 g/mol. The average molecular weight is 322 g/mol. The number of aliphatic hydroxyl groups is 1. The van der Waals surface area contributed by atoms with Crippen LogP contribution in [-0.2, 0) is 32.3 Å². The van der Waals surface area contributed by atoms with Gasteiger partial charge in [-0.1, -0.05) is 0 Å². The minimum absolute atomic E-state index is 0.0373. The number of hydrogen-bond acceptors (Lipinski definition) is 8. The van der Waals surface area contributed by atoms with Gasteiger partial charge in [-0.3, -0.25) is 13.6 Å². The third kappa shape index (κ3) is 9.11. The molecular formula is C6H12O11P2. The molecule has 0 saturated heterocycles. The number of hydrogen-bond donors (Lipinski definition) is 4. The van der Waals surface area contributed by atoms with Crippen LogP contribution in [0.1, 0.15) is 0 Å². The van der Waals surface area contributed by atoms with E-state index in [2.05, 4.69) is 13.6 Å². The maximum atomic E-state index is 11.2. The molecule has 0 amide bonds. The van der Waals surface area contributed by atoms with Crippen LogP contribution in [0.5, 0.6) is 0 Å². The summed E-state index contributed by atoms with van der Waals surface area (Å²) in [5.74, 6) is 0. The minimum Gasteiger partial charge on any atom is -0.393 e. The second kappa shape index (κ2) is 7.95. The third-order valence-corrected chi connectivity index (χ3v) is 2.98. The van der Waals surface area contributed by atoms with Gasteiger partial charge in [-0.15, -0.1) is 0 Å². The quantitative estimate of drug-likeness (QED) is 0.268. The van der Waals surface area contributed by atoms with Crippen molar-refractivity contribution in [1.29, 1.82) is 0 Å². The highest BCUT2D eigenvalue weighted by atomic mass is 31.2. The molecule has 4 N–H and O–H groups in total. The summed E-state index contributed by atoms with van der Waals surface area (Å²) in [6.45, 7) is -1.88. The van der Waals surface area contributed by atoms with Crippen LogP contribution in [0.2, 0.25) is 0 Å². The summed E-state index contributed by atoms with van der Waals surface area (Å²) in [6.07, 6.45) is -3.46. The lowest BCUT2D eigenvalue weighted by atomic mass is 10.4. The van der Waals surface area contributed by atoms with E-state index in [-0.39, 0.29) is 12.6 Å². The molecule has 0 saturated carbocycles. The van der Waals surface area contributed by atoms with Crippen LogP contribution in [0.3, 0.4) is 0 Å². The zero-order valence-corrected chi connectivity index (χ0v) is 11.1. The Hall–Kier alpha value is -0.480. The normalized spacial score (nSPS) is 18.3. The van der Waals surface area contributed by atoms with Crippen molar-refractivity contribution in [2.24, 2.45) is 0 Å². The van der Waals surface area contributed by atoms with Gasteiger partial charge in [-0.2, -0.15) is 0 Å². The predicted molar refractivity (Wildman–Crippen MR) is 56.8 cm³/mol. The van der Waals surface area contributed by atoms with Gasteiger partial charge < -0.3 is 29.4 Å². The fourth-order valence-corrected chi connectivity index (χ4v) is 2.06. The van der Waals surface area contributed by atoms with Gasteiger partial charge in [0.05, 0.1) is 13.2 Å². The van der Waals surface area contributed by atoms with Crippen molar-refractivity contribution in [2.75, 3.05) is 13.2 Å². The molecule has 19 heavy (non-hydrogen) atoms. The van der Waals surface area contributed by atoms with Crippen molar-refractivity contribution >= 4 is 28.2 Å². The molecule has 0 rings (SSSR count). The molecule has 13 heteroatoms. The number of aldehydes is 2. The smallest absolute Gasteiger partial charge is 0.393 e. The first kappa shape index (κ1) is 18.5. The first-order valence-corrected chi connectivity index (χ1v) is 7.57. The molecule has 0 radical (unpaired) electrons. The Kier molecular flexibility index (Phi) is 7.75. The summed E-state index contributed by atoms with van der Waals surface area (Å²) in [5, 5.41) is 8.54. The Morgan fingerprint density at radius 1 is 1.00 bits per heavy atom. The fraction of sp³-hybridized carbons (Fsp3) is 0.667. The van der Waals surface area contributed by atoms with Gasteiger partial charge in [0.1, 0.15) is 12.2 Å². The van der Waals surface area contributed by atoms with Crippen molar-refractivity contribution in [3.8, 4) is 0 Å². The van der Waals surface area contributed by atoms with Crippen molar-refractivity contribution in [3.05, 3.63) is 0 Å². The molecular weight excluding hydrogens is 310 g/mol. The Morgan fingerprint density at radius 3 is 1.89 bits per heavy atom. The SMILES string of the molecule is O=C[C@@H](COP(=O)(O)O[C@@H](C=O)CO)OP(=O)(O)O. The highest BCUT2D eigenvalue weighted by Crippen LogP contribution is 2.45. The van der Waals surface area contributed by atoms with E-state index in [1.807, 2.05) is 0 Å². The van der Waals surface area contributed by atoms with Gasteiger partial charge in [0, 0.05) is 0 Å². The molecule has 1 unspecified atom stereocenters. The van der Waals surface area contributed by atoms with Gasteiger partial charge >= 0.3 is 15.6 Å². The first-order chi connectivity index (χ1) is 8.63. The topological polar surface area (TPSA) is 177 Å². The molecule has 0 spiro atoms. The Labute approximate surface area is 107 Å². The van der Waals surface area contributed by atoms with E-state index in [9.17, 15) is 18.7 Å². The summed E-state index contributed by atoms with van der Waals surface area (Å²) in [5.41, 5.74) is 0. The molecule has 0 heterocycles. The number of rotatable bonds is 10. The zero-order valence-electron chi connectivity index (χ0n) is 9.26. The zero-order chi connectivity index (χ0) is 15.1. The van der Waals surface area contributed by atoms with E-state index in [4.69, 9.17) is 19.8 Å². The first-order valence-electron chi connectivity index (χ1n) is 4.54. The van der Waals surface area contributed by atoms with Gasteiger partial charge in [-0.05, 0) is 0 Å². The molecule has 0 bridgehead atoms. The van der Waals surface area contributed by atoms with Gasteiger partial charge in [-0.25, -0.2) is 9.13 Å². The molecule has 0 fully saturated rings. The number of phosphoric ester groups is 2. The van der Waals surface area contributed by atoms with Crippen LogP contribution >= 0.6 is 15.6 Å². The molecule has 0 aromatic carbocycles. The number of carbonyl (C=O) groups is 2. The van der Waals surface area contributed by atoms with Crippen LogP contribution in [0.15, 0.2) is 0 Å². The maximum absolute atomic E-state index is 11.2. The van der Waals surface area contributed by atoms with E-state index in [1.165, 1.54) is 0 Å². The summed E-state index contributed by atoms with van der Waals surface area (Å²) in [6, 6.07) is 0. The van der Waals surface area contributed by atoms with E-state index >= 15 is 0 Å². The molecule has 0 aromatic rings. The fourth-order valence-electron chi connectivity index (χ4n) is 0.741.